The van der Waals surface area contributed by atoms with E-state index in [9.17, 15) is 4.79 Å². The Morgan fingerprint density at radius 2 is 2.18 bits per heavy atom. The first-order chi connectivity index (χ1) is 5.24. The lowest BCUT2D eigenvalue weighted by molar-refractivity contribution is -0.139. The molecule has 0 spiro atoms. The van der Waals surface area contributed by atoms with Crippen molar-refractivity contribution in [2.24, 2.45) is 0 Å². The van der Waals surface area contributed by atoms with E-state index in [-0.39, 0.29) is 5.76 Å². The number of aliphatic hydroxyl groups is 1. The van der Waals surface area contributed by atoms with Crippen LogP contribution in [0.25, 0.3) is 0 Å². The number of aliphatic hydroxyl groups excluding tert-OH is 1. The second kappa shape index (κ2) is 4.77. The zero-order valence-corrected chi connectivity index (χ0v) is 7.13. The number of rotatable bonds is 1. The maximum absolute atomic E-state index is 10.4. The summed E-state index contributed by atoms with van der Waals surface area (Å²) in [6.07, 6.45) is 1.35. The largest absolute Gasteiger partial charge is 0.508 e. The minimum atomic E-state index is -0.445. The van der Waals surface area contributed by atoms with Gasteiger partial charge in [0.1, 0.15) is 5.76 Å². The molecule has 0 aliphatic carbocycles. The van der Waals surface area contributed by atoms with Crippen LogP contribution in [0.3, 0.4) is 0 Å². The van der Waals surface area contributed by atoms with Gasteiger partial charge in [-0.15, -0.1) is 0 Å². The number of carbonyl (C=O) groups excluding carboxylic acids is 1. The van der Waals surface area contributed by atoms with Crippen LogP contribution in [0.15, 0.2) is 11.8 Å². The molecule has 64 valence electrons. The molecular formula is C8H14O3. The molecule has 0 aromatic heterocycles. The van der Waals surface area contributed by atoms with E-state index in [1.165, 1.54) is 0 Å². The highest BCUT2D eigenvalue weighted by atomic mass is 16.6. The molecule has 1 aliphatic rings. The summed E-state index contributed by atoms with van der Waals surface area (Å²) >= 11 is 0. The van der Waals surface area contributed by atoms with Gasteiger partial charge in [0.25, 0.3) is 0 Å². The Morgan fingerprint density at radius 1 is 1.64 bits per heavy atom. The number of hydrogen-bond donors (Lipinski definition) is 1. The minimum Gasteiger partial charge on any atom is -0.508 e. The van der Waals surface area contributed by atoms with Crippen LogP contribution in [0.5, 0.6) is 0 Å². The van der Waals surface area contributed by atoms with Crippen molar-refractivity contribution in [3.05, 3.63) is 11.8 Å². The molecule has 11 heavy (non-hydrogen) atoms. The molecule has 3 heteroatoms. The first-order valence-corrected chi connectivity index (χ1v) is 3.85. The molecule has 1 heterocycles. The number of esters is 1. The lowest BCUT2D eigenvalue weighted by atomic mass is 10.2. The van der Waals surface area contributed by atoms with E-state index in [2.05, 4.69) is 4.74 Å². The molecule has 0 saturated carbocycles. The van der Waals surface area contributed by atoms with E-state index in [0.717, 1.165) is 6.08 Å². The van der Waals surface area contributed by atoms with Crippen LogP contribution < -0.4 is 0 Å². The zero-order valence-electron chi connectivity index (χ0n) is 7.13. The van der Waals surface area contributed by atoms with Crippen molar-refractivity contribution in [1.29, 1.82) is 0 Å². The predicted molar refractivity (Wildman–Crippen MR) is 42.2 cm³/mol. The minimum absolute atomic E-state index is 0.0440. The van der Waals surface area contributed by atoms with Gasteiger partial charge in [0.15, 0.2) is 6.10 Å². The number of hydrogen-bond acceptors (Lipinski definition) is 3. The lowest BCUT2D eigenvalue weighted by Gasteiger charge is -2.04. The molecular weight excluding hydrogens is 144 g/mol. The predicted octanol–water partition coefficient (Wildman–Crippen LogP) is 1.79. The Morgan fingerprint density at radius 3 is 2.36 bits per heavy atom. The zero-order chi connectivity index (χ0) is 8.85. The summed E-state index contributed by atoms with van der Waals surface area (Å²) in [6.45, 7) is 5.84. The summed E-state index contributed by atoms with van der Waals surface area (Å²) in [4.78, 5) is 10.4. The fraction of sp³-hybridized carbons (Fsp3) is 0.625. The molecule has 0 fully saturated rings. The third kappa shape index (κ3) is 2.62. The molecule has 0 saturated heterocycles. The van der Waals surface area contributed by atoms with Crippen molar-refractivity contribution in [3.63, 3.8) is 0 Å². The fourth-order valence-corrected chi connectivity index (χ4v) is 0.741. The van der Waals surface area contributed by atoms with Gasteiger partial charge in [0.2, 0.25) is 0 Å². The van der Waals surface area contributed by atoms with Crippen molar-refractivity contribution in [3.8, 4) is 0 Å². The summed E-state index contributed by atoms with van der Waals surface area (Å²) < 4.78 is 4.64. The van der Waals surface area contributed by atoms with Crippen molar-refractivity contribution in [2.75, 3.05) is 0 Å². The van der Waals surface area contributed by atoms with Crippen LogP contribution in [-0.4, -0.2) is 17.2 Å². The van der Waals surface area contributed by atoms with Gasteiger partial charge < -0.3 is 9.84 Å². The van der Waals surface area contributed by atoms with Crippen LogP contribution >= 0.6 is 0 Å². The van der Waals surface area contributed by atoms with E-state index >= 15 is 0 Å². The highest BCUT2D eigenvalue weighted by molar-refractivity contribution is 5.85. The van der Waals surface area contributed by atoms with Crippen LogP contribution in [0, 0.1) is 0 Å². The van der Waals surface area contributed by atoms with Gasteiger partial charge >= 0.3 is 5.97 Å². The van der Waals surface area contributed by atoms with Crippen LogP contribution in [0.2, 0.25) is 0 Å². The maximum Gasteiger partial charge on any atom is 0.335 e. The second-order valence-corrected chi connectivity index (χ2v) is 1.90. The Labute approximate surface area is 66.7 Å². The average Bonchev–Trinajstić information content (AvgIpc) is 2.33. The Hall–Kier alpha value is -0.990. The van der Waals surface area contributed by atoms with Crippen LogP contribution in [-0.2, 0) is 9.53 Å². The van der Waals surface area contributed by atoms with E-state index in [1.807, 2.05) is 20.8 Å². The molecule has 1 aliphatic heterocycles. The van der Waals surface area contributed by atoms with E-state index in [1.54, 1.807) is 0 Å². The smallest absolute Gasteiger partial charge is 0.335 e. The third-order valence-corrected chi connectivity index (χ3v) is 1.22. The van der Waals surface area contributed by atoms with Crippen molar-refractivity contribution >= 4 is 5.97 Å². The molecule has 1 N–H and O–H groups in total. The Bertz CT molecular complexity index is 161. The first-order valence-electron chi connectivity index (χ1n) is 3.85. The molecule has 0 aromatic rings. The third-order valence-electron chi connectivity index (χ3n) is 1.22. The second-order valence-electron chi connectivity index (χ2n) is 1.90. The molecule has 0 aromatic carbocycles. The molecule has 0 bridgehead atoms. The summed E-state index contributed by atoms with van der Waals surface area (Å²) in [6, 6.07) is 0. The monoisotopic (exact) mass is 158 g/mol. The van der Waals surface area contributed by atoms with Crippen molar-refractivity contribution in [2.45, 2.75) is 33.3 Å². The summed E-state index contributed by atoms with van der Waals surface area (Å²) in [5.74, 6) is -0.401. The number of carbonyl (C=O) groups is 1. The molecule has 0 radical (unpaired) electrons. The van der Waals surface area contributed by atoms with Gasteiger partial charge in [0.05, 0.1) is 6.08 Å². The first kappa shape index (κ1) is 10.0. The Balaban J connectivity index is 0.000000461. The summed E-state index contributed by atoms with van der Waals surface area (Å²) in [5, 5.41) is 8.87. The van der Waals surface area contributed by atoms with Gasteiger partial charge in [-0.05, 0) is 6.42 Å². The summed E-state index contributed by atoms with van der Waals surface area (Å²) in [5.41, 5.74) is 0. The number of ether oxygens (including phenoxy) is 1. The molecule has 3 nitrogen and oxygen atoms in total. The molecule has 0 amide bonds. The highest BCUT2D eigenvalue weighted by Gasteiger charge is 2.23. The van der Waals surface area contributed by atoms with Crippen LogP contribution in [0.1, 0.15) is 27.2 Å². The standard InChI is InChI=1S/C6H8O3.C2H6/c1-2-5-4(7)3-6(8)9-5;1-2/h3,5,7H,2H2,1H3;1-2H3. The van der Waals surface area contributed by atoms with E-state index in [4.69, 9.17) is 5.11 Å². The van der Waals surface area contributed by atoms with Gasteiger partial charge in [-0.25, -0.2) is 4.79 Å². The normalized spacial score (nSPS) is 21.5. The summed E-state index contributed by atoms with van der Waals surface area (Å²) in [7, 11) is 0. The molecule has 1 rings (SSSR count). The number of cyclic esters (lactones) is 1. The fourth-order valence-electron chi connectivity index (χ4n) is 0.741. The molecule has 1 atom stereocenters. The Kier molecular flexibility index (Phi) is 4.34. The quantitative estimate of drug-likeness (QED) is 0.592. The van der Waals surface area contributed by atoms with Crippen molar-refractivity contribution < 1.29 is 14.6 Å². The van der Waals surface area contributed by atoms with E-state index < -0.39 is 12.1 Å². The topological polar surface area (TPSA) is 46.5 Å². The van der Waals surface area contributed by atoms with Gasteiger partial charge in [-0.3, -0.25) is 0 Å². The molecule has 1 unspecified atom stereocenters. The average molecular weight is 158 g/mol. The van der Waals surface area contributed by atoms with Crippen LogP contribution in [0.4, 0.5) is 0 Å². The van der Waals surface area contributed by atoms with Gasteiger partial charge in [-0.2, -0.15) is 0 Å². The van der Waals surface area contributed by atoms with E-state index in [0.29, 0.717) is 6.42 Å². The SMILES string of the molecule is CC.CCC1OC(=O)C=C1O. The van der Waals surface area contributed by atoms with Gasteiger partial charge in [0, 0.05) is 0 Å². The van der Waals surface area contributed by atoms with Crippen molar-refractivity contribution in [1.82, 2.24) is 0 Å². The highest BCUT2D eigenvalue weighted by Crippen LogP contribution is 2.14. The van der Waals surface area contributed by atoms with Gasteiger partial charge in [-0.1, -0.05) is 20.8 Å². The maximum atomic E-state index is 10.4. The lowest BCUT2D eigenvalue weighted by Crippen LogP contribution is -2.09.